The molecule has 2 heterocycles. The largest absolute Gasteiger partial charge is 0.497 e. The van der Waals surface area contributed by atoms with E-state index in [1.54, 1.807) is 29.2 Å². The molecule has 3 rings (SSSR count). The molecule has 2 aromatic rings. The lowest BCUT2D eigenvalue weighted by Crippen LogP contribution is -2.50. The fourth-order valence-corrected chi connectivity index (χ4v) is 6.14. The highest BCUT2D eigenvalue weighted by molar-refractivity contribution is 9.10. The number of benzene rings is 1. The number of carbonyl (C=O) groups is 1. The summed E-state index contributed by atoms with van der Waals surface area (Å²) in [6.07, 6.45) is 0. The Bertz CT molecular complexity index is 924. The van der Waals surface area contributed by atoms with Crippen molar-refractivity contribution in [3.05, 3.63) is 44.7 Å². The Morgan fingerprint density at radius 3 is 2.46 bits per heavy atom. The Labute approximate surface area is 169 Å². The van der Waals surface area contributed by atoms with Gasteiger partial charge in [0.1, 0.15) is 9.96 Å². The molecule has 0 aliphatic carbocycles. The lowest BCUT2D eigenvalue weighted by atomic mass is 10.1. The Balaban J connectivity index is 1.71. The van der Waals surface area contributed by atoms with Crippen molar-refractivity contribution in [1.82, 2.24) is 9.21 Å². The zero-order valence-electron chi connectivity index (χ0n) is 13.8. The molecular formula is C16H16BrClN2O4S2. The molecular weight excluding hydrogens is 464 g/mol. The zero-order chi connectivity index (χ0) is 18.9. The molecule has 0 radical (unpaired) electrons. The summed E-state index contributed by atoms with van der Waals surface area (Å²) in [5, 5.41) is 0. The van der Waals surface area contributed by atoms with Crippen molar-refractivity contribution in [2.24, 2.45) is 0 Å². The van der Waals surface area contributed by atoms with Crippen molar-refractivity contribution in [3.63, 3.8) is 0 Å². The molecule has 10 heteroatoms. The first-order chi connectivity index (χ1) is 12.3. The summed E-state index contributed by atoms with van der Waals surface area (Å²) < 4.78 is 33.2. The van der Waals surface area contributed by atoms with E-state index in [-0.39, 0.29) is 23.2 Å². The van der Waals surface area contributed by atoms with E-state index in [0.29, 0.717) is 33.2 Å². The van der Waals surface area contributed by atoms with Crippen molar-refractivity contribution in [1.29, 1.82) is 0 Å². The van der Waals surface area contributed by atoms with Crippen LogP contribution in [0.1, 0.15) is 10.4 Å². The quantitative estimate of drug-likeness (QED) is 0.675. The van der Waals surface area contributed by atoms with E-state index in [9.17, 15) is 13.2 Å². The van der Waals surface area contributed by atoms with Gasteiger partial charge in [-0.2, -0.15) is 4.31 Å². The first kappa shape index (κ1) is 19.6. The number of hydrogen-bond donors (Lipinski definition) is 0. The van der Waals surface area contributed by atoms with Crippen molar-refractivity contribution in [2.45, 2.75) is 4.21 Å². The Hall–Kier alpha value is -1.13. The third kappa shape index (κ3) is 3.91. The second-order valence-corrected chi connectivity index (χ2v) is 10.3. The average Bonchev–Trinajstić information content (AvgIpc) is 3.09. The maximum atomic E-state index is 12.8. The predicted molar refractivity (Wildman–Crippen MR) is 105 cm³/mol. The summed E-state index contributed by atoms with van der Waals surface area (Å²) >= 11 is 10.3. The van der Waals surface area contributed by atoms with Crippen LogP contribution in [-0.4, -0.2) is 56.8 Å². The topological polar surface area (TPSA) is 66.9 Å². The number of carbonyl (C=O) groups excluding carboxylic acids is 1. The molecule has 1 aliphatic heterocycles. The van der Waals surface area contributed by atoms with Crippen LogP contribution in [0.3, 0.4) is 0 Å². The van der Waals surface area contributed by atoms with Crippen LogP contribution in [0.2, 0.25) is 4.34 Å². The van der Waals surface area contributed by atoms with E-state index < -0.39 is 10.0 Å². The molecule has 0 spiro atoms. The van der Waals surface area contributed by atoms with Gasteiger partial charge < -0.3 is 9.64 Å². The highest BCUT2D eigenvalue weighted by Gasteiger charge is 2.31. The second-order valence-electron chi connectivity index (χ2n) is 5.60. The van der Waals surface area contributed by atoms with Crippen LogP contribution in [0.25, 0.3) is 0 Å². The molecule has 1 fully saturated rings. The smallest absolute Gasteiger partial charge is 0.255 e. The molecule has 1 amide bonds. The average molecular weight is 480 g/mol. The Morgan fingerprint density at radius 2 is 1.88 bits per heavy atom. The van der Waals surface area contributed by atoms with Gasteiger partial charge in [0.2, 0.25) is 0 Å². The van der Waals surface area contributed by atoms with Gasteiger partial charge in [-0.05, 0) is 46.3 Å². The molecule has 0 bridgehead atoms. The number of rotatable bonds is 4. The van der Waals surface area contributed by atoms with Crippen LogP contribution in [-0.2, 0) is 10.0 Å². The lowest BCUT2D eigenvalue weighted by molar-refractivity contribution is 0.0696. The van der Waals surface area contributed by atoms with Gasteiger partial charge in [0.25, 0.3) is 15.9 Å². The molecule has 140 valence electrons. The monoisotopic (exact) mass is 478 g/mol. The molecule has 1 aromatic carbocycles. The van der Waals surface area contributed by atoms with Crippen LogP contribution in [0.5, 0.6) is 5.75 Å². The van der Waals surface area contributed by atoms with Crippen LogP contribution >= 0.6 is 38.9 Å². The van der Waals surface area contributed by atoms with Gasteiger partial charge in [-0.15, -0.1) is 11.3 Å². The molecule has 0 atom stereocenters. The maximum Gasteiger partial charge on any atom is 0.255 e. The highest BCUT2D eigenvalue weighted by atomic mass is 79.9. The number of methoxy groups -OCH3 is 1. The molecule has 6 nitrogen and oxygen atoms in total. The van der Waals surface area contributed by atoms with Crippen LogP contribution in [0.4, 0.5) is 0 Å². The number of amides is 1. The van der Waals surface area contributed by atoms with Gasteiger partial charge in [-0.3, -0.25) is 4.79 Å². The normalized spacial score (nSPS) is 15.9. The fourth-order valence-electron chi connectivity index (χ4n) is 2.66. The van der Waals surface area contributed by atoms with E-state index in [1.165, 1.54) is 17.5 Å². The second kappa shape index (κ2) is 7.85. The summed E-state index contributed by atoms with van der Waals surface area (Å²) in [4.78, 5) is 14.4. The minimum absolute atomic E-state index is 0.160. The maximum absolute atomic E-state index is 12.8. The molecule has 1 saturated heterocycles. The van der Waals surface area contributed by atoms with Crippen molar-refractivity contribution in [2.75, 3.05) is 33.3 Å². The molecule has 26 heavy (non-hydrogen) atoms. The van der Waals surface area contributed by atoms with Gasteiger partial charge in [-0.25, -0.2) is 8.42 Å². The van der Waals surface area contributed by atoms with E-state index >= 15 is 0 Å². The fraction of sp³-hybridized carbons (Fsp3) is 0.312. The van der Waals surface area contributed by atoms with E-state index in [2.05, 4.69) is 15.9 Å². The number of thiophene rings is 1. The lowest BCUT2D eigenvalue weighted by Gasteiger charge is -2.34. The third-order valence-electron chi connectivity index (χ3n) is 4.07. The van der Waals surface area contributed by atoms with Gasteiger partial charge in [0.05, 0.1) is 17.0 Å². The number of piperazine rings is 1. The van der Waals surface area contributed by atoms with E-state index in [4.69, 9.17) is 16.3 Å². The van der Waals surface area contributed by atoms with Crippen LogP contribution < -0.4 is 4.74 Å². The first-order valence-corrected chi connectivity index (χ1v) is 11.1. The zero-order valence-corrected chi connectivity index (χ0v) is 17.8. The molecule has 0 N–H and O–H groups in total. The third-order valence-corrected chi connectivity index (χ3v) is 8.36. The summed E-state index contributed by atoms with van der Waals surface area (Å²) in [7, 11) is -2.03. The van der Waals surface area contributed by atoms with Gasteiger partial charge in [-0.1, -0.05) is 11.6 Å². The predicted octanol–water partition coefficient (Wildman–Crippen LogP) is 3.32. The number of sulfonamides is 1. The number of hydrogen-bond acceptors (Lipinski definition) is 5. The number of nitrogens with zero attached hydrogens (tertiary/aromatic N) is 2. The highest BCUT2D eigenvalue weighted by Crippen LogP contribution is 2.29. The molecule has 1 aliphatic rings. The SMILES string of the molecule is COc1ccc(Br)c(C(=O)N2CCN(S(=O)(=O)c3ccc(Cl)s3)CC2)c1. The Morgan fingerprint density at radius 1 is 1.19 bits per heavy atom. The van der Waals surface area contributed by atoms with E-state index in [0.717, 1.165) is 11.3 Å². The molecule has 1 aromatic heterocycles. The minimum atomic E-state index is -3.57. The summed E-state index contributed by atoms with van der Waals surface area (Å²) in [5.41, 5.74) is 0.491. The van der Waals surface area contributed by atoms with Crippen molar-refractivity contribution in [3.8, 4) is 5.75 Å². The van der Waals surface area contributed by atoms with Crippen LogP contribution in [0.15, 0.2) is 39.0 Å². The number of ether oxygens (including phenoxy) is 1. The number of halogens is 2. The van der Waals surface area contributed by atoms with Crippen molar-refractivity contribution >= 4 is 54.8 Å². The van der Waals surface area contributed by atoms with Gasteiger partial charge in [0, 0.05) is 30.7 Å². The first-order valence-electron chi connectivity index (χ1n) is 7.71. The summed E-state index contributed by atoms with van der Waals surface area (Å²) in [5.74, 6) is 0.430. The summed E-state index contributed by atoms with van der Waals surface area (Å²) in [6.45, 7) is 1.12. The standard InChI is InChI=1S/C16H16BrClN2O4S2/c1-24-11-2-3-13(17)12(10-11)16(21)19-6-8-20(9-7-19)26(22,23)15-5-4-14(18)25-15/h2-5,10H,6-9H2,1H3. The van der Waals surface area contributed by atoms with Gasteiger partial charge >= 0.3 is 0 Å². The van der Waals surface area contributed by atoms with E-state index in [1.807, 2.05) is 0 Å². The van der Waals surface area contributed by atoms with Crippen LogP contribution in [0, 0.1) is 0 Å². The van der Waals surface area contributed by atoms with Gasteiger partial charge in [0.15, 0.2) is 0 Å². The molecule has 0 unspecified atom stereocenters. The summed E-state index contributed by atoms with van der Waals surface area (Å²) in [6, 6.07) is 8.26. The van der Waals surface area contributed by atoms with Crippen molar-refractivity contribution < 1.29 is 17.9 Å². The molecule has 0 saturated carbocycles. The minimum Gasteiger partial charge on any atom is -0.497 e. The Kier molecular flexibility index (Phi) is 5.93.